The molecule has 2 aromatic rings. The first-order valence-corrected chi connectivity index (χ1v) is 8.29. The Balaban J connectivity index is 1.56. The highest BCUT2D eigenvalue weighted by atomic mass is 16.5. The van der Waals surface area contributed by atoms with Gasteiger partial charge in [-0.05, 0) is 38.1 Å². The Hall–Kier alpha value is -2.33. The molecule has 0 unspecified atom stereocenters. The molecular formula is C20H23NO3. The summed E-state index contributed by atoms with van der Waals surface area (Å²) in [6.45, 7) is 6.22. The van der Waals surface area contributed by atoms with Crippen molar-refractivity contribution < 1.29 is 14.3 Å². The predicted molar refractivity (Wildman–Crippen MR) is 93.5 cm³/mol. The van der Waals surface area contributed by atoms with E-state index in [0.29, 0.717) is 26.3 Å². The number of rotatable bonds is 4. The fourth-order valence-corrected chi connectivity index (χ4v) is 2.71. The average molecular weight is 325 g/mol. The van der Waals surface area contributed by atoms with Gasteiger partial charge in [-0.15, -0.1) is 0 Å². The Morgan fingerprint density at radius 3 is 2.38 bits per heavy atom. The lowest BCUT2D eigenvalue weighted by atomic mass is 10.1. The summed E-state index contributed by atoms with van der Waals surface area (Å²) in [4.78, 5) is 14.4. The highest BCUT2D eigenvalue weighted by Crippen LogP contribution is 2.15. The van der Waals surface area contributed by atoms with Crippen molar-refractivity contribution in [3.8, 4) is 5.75 Å². The molecule has 0 N–H and O–H groups in total. The maximum absolute atomic E-state index is 12.6. The summed E-state index contributed by atoms with van der Waals surface area (Å²) in [5.41, 5.74) is 3.07. The SMILES string of the molecule is Cc1ccc(OC[C@@H]2CN(C(=O)c3ccc(C)cc3)CCO2)cc1. The molecule has 2 aromatic carbocycles. The van der Waals surface area contributed by atoms with E-state index in [1.807, 2.05) is 67.3 Å². The van der Waals surface area contributed by atoms with Crippen LogP contribution in [0.1, 0.15) is 21.5 Å². The number of hydrogen-bond donors (Lipinski definition) is 0. The molecule has 0 bridgehead atoms. The molecule has 1 aliphatic rings. The zero-order valence-corrected chi connectivity index (χ0v) is 14.2. The number of aryl methyl sites for hydroxylation is 2. The molecule has 1 aliphatic heterocycles. The molecule has 1 fully saturated rings. The number of ether oxygens (including phenoxy) is 2. The minimum Gasteiger partial charge on any atom is -0.491 e. The van der Waals surface area contributed by atoms with E-state index >= 15 is 0 Å². The van der Waals surface area contributed by atoms with Crippen molar-refractivity contribution in [3.63, 3.8) is 0 Å². The van der Waals surface area contributed by atoms with Gasteiger partial charge in [0.15, 0.2) is 0 Å². The van der Waals surface area contributed by atoms with Crippen molar-refractivity contribution in [1.29, 1.82) is 0 Å². The van der Waals surface area contributed by atoms with Crippen LogP contribution in [0, 0.1) is 13.8 Å². The van der Waals surface area contributed by atoms with Crippen LogP contribution in [0.2, 0.25) is 0 Å². The van der Waals surface area contributed by atoms with Crippen molar-refractivity contribution in [2.75, 3.05) is 26.3 Å². The number of hydrogen-bond acceptors (Lipinski definition) is 3. The minimum absolute atomic E-state index is 0.0543. The molecule has 1 heterocycles. The second kappa shape index (κ2) is 7.49. The van der Waals surface area contributed by atoms with Crippen LogP contribution in [-0.4, -0.2) is 43.2 Å². The maximum Gasteiger partial charge on any atom is 0.254 e. The van der Waals surface area contributed by atoms with Gasteiger partial charge in [-0.2, -0.15) is 0 Å². The zero-order chi connectivity index (χ0) is 16.9. The van der Waals surface area contributed by atoms with Gasteiger partial charge in [-0.25, -0.2) is 0 Å². The topological polar surface area (TPSA) is 38.8 Å². The van der Waals surface area contributed by atoms with Crippen LogP contribution in [0.15, 0.2) is 48.5 Å². The Morgan fingerprint density at radius 2 is 1.71 bits per heavy atom. The van der Waals surface area contributed by atoms with Gasteiger partial charge in [0.2, 0.25) is 0 Å². The molecule has 1 amide bonds. The van der Waals surface area contributed by atoms with Gasteiger partial charge >= 0.3 is 0 Å². The standard InChI is InChI=1S/C20H23NO3/c1-15-3-7-17(8-4-15)20(22)21-11-12-23-19(13-21)14-24-18-9-5-16(2)6-10-18/h3-10,19H,11-14H2,1-2H3/t19-/m0/s1. The van der Waals surface area contributed by atoms with E-state index in [1.54, 1.807) is 0 Å². The molecular weight excluding hydrogens is 302 g/mol. The molecule has 4 nitrogen and oxygen atoms in total. The lowest BCUT2D eigenvalue weighted by molar-refractivity contribution is -0.0401. The molecule has 0 spiro atoms. The minimum atomic E-state index is -0.102. The molecule has 0 aliphatic carbocycles. The van der Waals surface area contributed by atoms with E-state index in [2.05, 4.69) is 0 Å². The van der Waals surface area contributed by atoms with Crippen LogP contribution >= 0.6 is 0 Å². The zero-order valence-electron chi connectivity index (χ0n) is 14.2. The Kier molecular flexibility index (Phi) is 5.16. The summed E-state index contributed by atoms with van der Waals surface area (Å²) in [5.74, 6) is 0.879. The third-order valence-electron chi connectivity index (χ3n) is 4.18. The van der Waals surface area contributed by atoms with Gasteiger partial charge in [-0.3, -0.25) is 4.79 Å². The quantitative estimate of drug-likeness (QED) is 0.866. The molecule has 0 aromatic heterocycles. The Morgan fingerprint density at radius 1 is 1.08 bits per heavy atom. The number of nitrogens with zero attached hydrogens (tertiary/aromatic N) is 1. The van der Waals surface area contributed by atoms with Gasteiger partial charge in [0.1, 0.15) is 18.5 Å². The summed E-state index contributed by atoms with van der Waals surface area (Å²) >= 11 is 0. The molecule has 1 atom stereocenters. The first-order chi connectivity index (χ1) is 11.6. The molecule has 1 saturated heterocycles. The molecule has 24 heavy (non-hydrogen) atoms. The van der Waals surface area contributed by atoms with E-state index < -0.39 is 0 Å². The van der Waals surface area contributed by atoms with Crippen LogP contribution in [0.25, 0.3) is 0 Å². The van der Waals surface area contributed by atoms with Gasteiger partial charge < -0.3 is 14.4 Å². The van der Waals surface area contributed by atoms with Crippen LogP contribution < -0.4 is 4.74 Å². The first kappa shape index (κ1) is 16.5. The third-order valence-corrected chi connectivity index (χ3v) is 4.18. The highest BCUT2D eigenvalue weighted by Gasteiger charge is 2.25. The first-order valence-electron chi connectivity index (χ1n) is 8.29. The third kappa shape index (κ3) is 4.15. The smallest absolute Gasteiger partial charge is 0.254 e. The summed E-state index contributed by atoms with van der Waals surface area (Å²) < 4.78 is 11.5. The molecule has 0 saturated carbocycles. The van der Waals surface area contributed by atoms with Crippen molar-refractivity contribution in [2.24, 2.45) is 0 Å². The largest absolute Gasteiger partial charge is 0.491 e. The summed E-state index contributed by atoms with van der Waals surface area (Å²) in [6, 6.07) is 15.6. The van der Waals surface area contributed by atoms with Gasteiger partial charge in [0.05, 0.1) is 13.2 Å². The summed E-state index contributed by atoms with van der Waals surface area (Å²) in [6.07, 6.45) is -0.102. The molecule has 4 heteroatoms. The number of carbonyl (C=O) groups excluding carboxylic acids is 1. The lowest BCUT2D eigenvalue weighted by Crippen LogP contribution is -2.47. The van der Waals surface area contributed by atoms with E-state index in [1.165, 1.54) is 5.56 Å². The Labute approximate surface area is 143 Å². The van der Waals surface area contributed by atoms with Crippen LogP contribution in [0.5, 0.6) is 5.75 Å². The predicted octanol–water partition coefficient (Wildman–Crippen LogP) is 3.22. The van der Waals surface area contributed by atoms with E-state index in [-0.39, 0.29) is 12.0 Å². The Bertz CT molecular complexity index is 679. The van der Waals surface area contributed by atoms with Crippen molar-refractivity contribution in [2.45, 2.75) is 20.0 Å². The second-order valence-corrected chi connectivity index (χ2v) is 6.23. The van der Waals surface area contributed by atoms with Gasteiger partial charge in [0.25, 0.3) is 5.91 Å². The normalized spacial score (nSPS) is 17.6. The van der Waals surface area contributed by atoms with Gasteiger partial charge in [0, 0.05) is 12.1 Å². The summed E-state index contributed by atoms with van der Waals surface area (Å²) in [7, 11) is 0. The number of benzene rings is 2. The van der Waals surface area contributed by atoms with Crippen molar-refractivity contribution in [3.05, 3.63) is 65.2 Å². The molecule has 3 rings (SSSR count). The fraction of sp³-hybridized carbons (Fsp3) is 0.350. The number of carbonyl (C=O) groups is 1. The summed E-state index contributed by atoms with van der Waals surface area (Å²) in [5, 5.41) is 0. The monoisotopic (exact) mass is 325 g/mol. The van der Waals surface area contributed by atoms with Crippen molar-refractivity contribution in [1.82, 2.24) is 4.90 Å². The lowest BCUT2D eigenvalue weighted by Gasteiger charge is -2.33. The number of amides is 1. The molecule has 0 radical (unpaired) electrons. The average Bonchev–Trinajstić information content (AvgIpc) is 2.61. The van der Waals surface area contributed by atoms with E-state index in [4.69, 9.17) is 9.47 Å². The van der Waals surface area contributed by atoms with Crippen LogP contribution in [0.3, 0.4) is 0 Å². The molecule has 126 valence electrons. The van der Waals surface area contributed by atoms with E-state index in [0.717, 1.165) is 16.9 Å². The second-order valence-electron chi connectivity index (χ2n) is 6.23. The van der Waals surface area contributed by atoms with Crippen LogP contribution in [-0.2, 0) is 4.74 Å². The maximum atomic E-state index is 12.6. The van der Waals surface area contributed by atoms with E-state index in [9.17, 15) is 4.79 Å². The van der Waals surface area contributed by atoms with Gasteiger partial charge in [-0.1, -0.05) is 35.4 Å². The van der Waals surface area contributed by atoms with Crippen LogP contribution in [0.4, 0.5) is 0 Å². The van der Waals surface area contributed by atoms with Crippen molar-refractivity contribution >= 4 is 5.91 Å². The number of morpholine rings is 1. The fourth-order valence-electron chi connectivity index (χ4n) is 2.71. The highest BCUT2D eigenvalue weighted by molar-refractivity contribution is 5.94.